The van der Waals surface area contributed by atoms with E-state index in [2.05, 4.69) is 19.7 Å². The summed E-state index contributed by atoms with van der Waals surface area (Å²) in [6, 6.07) is 20.7. The van der Waals surface area contributed by atoms with Gasteiger partial charge in [0.1, 0.15) is 56.9 Å². The molecule has 3 aromatic carbocycles. The summed E-state index contributed by atoms with van der Waals surface area (Å²) in [4.78, 5) is 35.2. The van der Waals surface area contributed by atoms with Crippen molar-refractivity contribution in [1.82, 2.24) is 0 Å². The quantitative estimate of drug-likeness (QED) is 0.0652. The molecule has 0 radical (unpaired) electrons. The summed E-state index contributed by atoms with van der Waals surface area (Å²) in [6.45, 7) is 14.8. The molecule has 0 N–H and O–H groups in total. The van der Waals surface area contributed by atoms with Crippen LogP contribution in [0.1, 0.15) is 13.8 Å². The Morgan fingerprint density at radius 1 is 0.553 bits per heavy atom. The topological polar surface area (TPSA) is 116 Å². The van der Waals surface area contributed by atoms with E-state index in [1.54, 1.807) is 13.8 Å². The van der Waals surface area contributed by atoms with Crippen molar-refractivity contribution in [3.63, 3.8) is 0 Å². The van der Waals surface area contributed by atoms with Gasteiger partial charge in [0.15, 0.2) is 0 Å². The summed E-state index contributed by atoms with van der Waals surface area (Å²) in [5.41, 5.74) is 4.37. The fourth-order valence-corrected chi connectivity index (χ4v) is 3.99. The number of hydrogen-bond acceptors (Lipinski definition) is 10. The van der Waals surface area contributed by atoms with Crippen LogP contribution in [0.2, 0.25) is 0 Å². The molecule has 0 spiro atoms. The van der Waals surface area contributed by atoms with Crippen LogP contribution in [0, 0.1) is 0 Å². The molecule has 0 aliphatic heterocycles. The third-order valence-electron chi connectivity index (χ3n) is 6.38. The third kappa shape index (κ3) is 11.8. The highest BCUT2D eigenvalue weighted by Crippen LogP contribution is 2.35. The minimum atomic E-state index is -0.550. The Labute approximate surface area is 275 Å². The zero-order chi connectivity index (χ0) is 34.2. The highest BCUT2D eigenvalue weighted by Gasteiger charge is 2.13. The lowest BCUT2D eigenvalue weighted by Crippen LogP contribution is -2.15. The monoisotopic (exact) mass is 644 g/mol. The normalized spacial score (nSPS) is 10.4. The number of ether oxygens (including phenoxy) is 7. The van der Waals surface area contributed by atoms with E-state index >= 15 is 0 Å². The molecule has 248 valence electrons. The van der Waals surface area contributed by atoms with E-state index < -0.39 is 17.9 Å². The van der Waals surface area contributed by atoms with E-state index in [-0.39, 0.29) is 51.8 Å². The maximum absolute atomic E-state index is 12.1. The summed E-state index contributed by atoms with van der Waals surface area (Å²) < 4.78 is 37.8. The molecule has 0 aliphatic carbocycles. The summed E-state index contributed by atoms with van der Waals surface area (Å²) in [7, 11) is 1.47. The van der Waals surface area contributed by atoms with Crippen molar-refractivity contribution in [2.24, 2.45) is 0 Å². The molecule has 10 heteroatoms. The Morgan fingerprint density at radius 3 is 1.49 bits per heavy atom. The molecule has 3 rings (SSSR count). The van der Waals surface area contributed by atoms with Crippen LogP contribution in [0.25, 0.3) is 22.3 Å². The number of carbonyl (C=O) groups is 3. The van der Waals surface area contributed by atoms with Gasteiger partial charge in [0.2, 0.25) is 0 Å². The molecule has 0 heterocycles. The van der Waals surface area contributed by atoms with Gasteiger partial charge in [0, 0.05) is 23.8 Å². The van der Waals surface area contributed by atoms with E-state index in [0.29, 0.717) is 28.4 Å². The Morgan fingerprint density at radius 2 is 1.00 bits per heavy atom. The molecule has 10 nitrogen and oxygen atoms in total. The summed E-state index contributed by atoms with van der Waals surface area (Å²) in [5.74, 6) is 0.348. The number of methoxy groups -OCH3 is 1. The summed E-state index contributed by atoms with van der Waals surface area (Å²) in [6.07, 6.45) is 0. The second-order valence-corrected chi connectivity index (χ2v) is 10.3. The standard InChI is InChI=1S/C37H40O10/c1-25(2)35(38)45-20-17-42-31-12-7-28(8-13-31)30-11-16-33(34(23-30)44-19-22-47-37(40)27(5)24-41-6)29-9-14-32(15-10-29)43-18-21-46-36(39)26(3)4/h7-16,23H,1,3,5,17-22,24H2,2,4,6H3. The van der Waals surface area contributed by atoms with Crippen LogP contribution >= 0.6 is 0 Å². The lowest BCUT2D eigenvalue weighted by Gasteiger charge is -2.15. The number of carbonyl (C=O) groups excluding carboxylic acids is 3. The second-order valence-electron chi connectivity index (χ2n) is 10.3. The van der Waals surface area contributed by atoms with E-state index in [0.717, 1.165) is 22.3 Å². The maximum atomic E-state index is 12.1. The first-order valence-electron chi connectivity index (χ1n) is 14.8. The van der Waals surface area contributed by atoms with E-state index in [1.807, 2.05) is 66.7 Å². The largest absolute Gasteiger partial charge is 0.490 e. The van der Waals surface area contributed by atoms with Crippen molar-refractivity contribution in [2.45, 2.75) is 13.8 Å². The van der Waals surface area contributed by atoms with Gasteiger partial charge in [-0.2, -0.15) is 0 Å². The van der Waals surface area contributed by atoms with Gasteiger partial charge in [-0.15, -0.1) is 0 Å². The lowest BCUT2D eigenvalue weighted by atomic mass is 9.99. The van der Waals surface area contributed by atoms with E-state index in [9.17, 15) is 14.4 Å². The number of esters is 3. The molecule has 0 bridgehead atoms. The van der Waals surface area contributed by atoms with Gasteiger partial charge >= 0.3 is 17.9 Å². The summed E-state index contributed by atoms with van der Waals surface area (Å²) in [5, 5.41) is 0. The predicted octanol–water partition coefficient (Wildman–Crippen LogP) is 6.14. The van der Waals surface area contributed by atoms with Crippen LogP contribution in [0.5, 0.6) is 17.2 Å². The fourth-order valence-electron chi connectivity index (χ4n) is 3.99. The minimum Gasteiger partial charge on any atom is -0.490 e. The van der Waals surface area contributed by atoms with Gasteiger partial charge in [0.25, 0.3) is 0 Å². The SMILES string of the molecule is C=C(C)C(=O)OCCOc1ccc(-c2ccc(-c3ccc(OCCOC(=O)C(=C)C)cc3)c(OCCOC(=O)C(=C)COC)c2)cc1. The first-order chi connectivity index (χ1) is 22.6. The first-order valence-corrected chi connectivity index (χ1v) is 14.8. The smallest absolute Gasteiger partial charge is 0.335 e. The number of hydrogen-bond donors (Lipinski definition) is 0. The molecule has 0 atom stereocenters. The van der Waals surface area contributed by atoms with Gasteiger partial charge in [-0.3, -0.25) is 0 Å². The van der Waals surface area contributed by atoms with Crippen molar-refractivity contribution in [2.75, 3.05) is 53.4 Å². The molecule has 47 heavy (non-hydrogen) atoms. The van der Waals surface area contributed by atoms with Gasteiger partial charge < -0.3 is 33.2 Å². The highest BCUT2D eigenvalue weighted by molar-refractivity contribution is 5.88. The van der Waals surface area contributed by atoms with Crippen molar-refractivity contribution in [3.05, 3.63) is 103 Å². The molecule has 0 unspecified atom stereocenters. The number of benzene rings is 3. The first kappa shape index (κ1) is 36.1. The Balaban J connectivity index is 1.71. The lowest BCUT2D eigenvalue weighted by molar-refractivity contribution is -0.141. The zero-order valence-electron chi connectivity index (χ0n) is 27.0. The Hall–Kier alpha value is -5.35. The maximum Gasteiger partial charge on any atom is 0.335 e. The molecular weight excluding hydrogens is 604 g/mol. The molecule has 0 aromatic heterocycles. The van der Waals surface area contributed by atoms with Crippen molar-refractivity contribution >= 4 is 17.9 Å². The molecule has 3 aromatic rings. The fraction of sp³-hybridized carbons (Fsp3) is 0.270. The highest BCUT2D eigenvalue weighted by atomic mass is 16.6. The third-order valence-corrected chi connectivity index (χ3v) is 6.38. The van der Waals surface area contributed by atoms with Crippen LogP contribution in [0.15, 0.2) is 103 Å². The average Bonchev–Trinajstić information content (AvgIpc) is 3.07. The summed E-state index contributed by atoms with van der Waals surface area (Å²) >= 11 is 0. The molecular formula is C37H40O10. The minimum absolute atomic E-state index is 0.0156. The molecule has 0 aliphatic rings. The predicted molar refractivity (Wildman–Crippen MR) is 177 cm³/mol. The Bertz CT molecular complexity index is 1550. The second kappa shape index (κ2) is 18.6. The van der Waals surface area contributed by atoms with Crippen LogP contribution in [-0.2, 0) is 33.3 Å². The molecule has 0 fully saturated rings. The van der Waals surface area contributed by atoms with E-state index in [4.69, 9.17) is 33.2 Å². The van der Waals surface area contributed by atoms with Crippen LogP contribution in [-0.4, -0.2) is 71.3 Å². The molecule has 0 saturated carbocycles. The van der Waals surface area contributed by atoms with Gasteiger partial charge in [-0.25, -0.2) is 14.4 Å². The van der Waals surface area contributed by atoms with Gasteiger partial charge in [0.05, 0.1) is 12.2 Å². The van der Waals surface area contributed by atoms with Gasteiger partial charge in [-0.1, -0.05) is 56.1 Å². The van der Waals surface area contributed by atoms with Crippen molar-refractivity contribution in [1.29, 1.82) is 0 Å². The van der Waals surface area contributed by atoms with Crippen LogP contribution in [0.3, 0.4) is 0 Å². The molecule has 0 saturated heterocycles. The van der Waals surface area contributed by atoms with Crippen LogP contribution < -0.4 is 14.2 Å². The molecule has 0 amide bonds. The van der Waals surface area contributed by atoms with Crippen molar-refractivity contribution in [3.8, 4) is 39.5 Å². The van der Waals surface area contributed by atoms with Crippen LogP contribution in [0.4, 0.5) is 0 Å². The average molecular weight is 645 g/mol. The van der Waals surface area contributed by atoms with Gasteiger partial charge in [-0.05, 0) is 60.9 Å². The number of rotatable bonds is 19. The zero-order valence-corrected chi connectivity index (χ0v) is 27.0. The van der Waals surface area contributed by atoms with E-state index in [1.165, 1.54) is 7.11 Å². The van der Waals surface area contributed by atoms with Crippen molar-refractivity contribution < 1.29 is 47.5 Å². The Kier molecular flexibility index (Phi) is 14.3.